The Kier molecular flexibility index (Phi) is 5.78. The average molecular weight is 495 g/mol. The maximum absolute atomic E-state index is 13.4. The number of carbonyl (C=O) groups excluding carboxylic acids is 2. The number of hydrogen-bond donors (Lipinski definition) is 0. The van der Waals surface area contributed by atoms with E-state index in [0.717, 1.165) is 55.8 Å². The summed E-state index contributed by atoms with van der Waals surface area (Å²) in [5.74, 6) is -1.18. The van der Waals surface area contributed by atoms with Gasteiger partial charge in [0.15, 0.2) is 6.79 Å². The summed E-state index contributed by atoms with van der Waals surface area (Å²) in [6.45, 7) is 3.66. The van der Waals surface area contributed by atoms with Crippen molar-refractivity contribution < 1.29 is 32.6 Å². The van der Waals surface area contributed by atoms with Crippen molar-refractivity contribution in [2.24, 2.45) is 52.3 Å². The molecule has 2 atom stereocenters. The number of rotatable bonds is 8. The molecule has 196 valence electrons. The number of hydrogen-bond acceptors (Lipinski definition) is 5. The van der Waals surface area contributed by atoms with E-state index in [-0.39, 0.29) is 35.4 Å². The fourth-order valence-electron chi connectivity index (χ4n) is 10.0. The van der Waals surface area contributed by atoms with Gasteiger partial charge in [-0.2, -0.15) is 8.78 Å². The van der Waals surface area contributed by atoms with Gasteiger partial charge in [0, 0.05) is 6.92 Å². The Morgan fingerprint density at radius 2 is 1.49 bits per heavy atom. The first-order valence-corrected chi connectivity index (χ1v) is 13.9. The number of alkyl halides is 2. The van der Waals surface area contributed by atoms with E-state index in [0.29, 0.717) is 25.9 Å². The highest BCUT2D eigenvalue weighted by Crippen LogP contribution is 2.63. The van der Waals surface area contributed by atoms with Crippen molar-refractivity contribution in [2.75, 3.05) is 13.4 Å². The van der Waals surface area contributed by atoms with Gasteiger partial charge < -0.3 is 14.2 Å². The number of esters is 2. The predicted molar refractivity (Wildman–Crippen MR) is 123 cm³/mol. The van der Waals surface area contributed by atoms with Crippen LogP contribution in [0.15, 0.2) is 0 Å². The molecule has 8 aliphatic rings. The fraction of sp³-hybridized carbons (Fsp3) is 0.929. The van der Waals surface area contributed by atoms with E-state index in [4.69, 9.17) is 14.2 Å². The lowest BCUT2D eigenvalue weighted by atomic mass is 9.46. The molecular formula is C28H40F2O5. The van der Waals surface area contributed by atoms with Crippen molar-refractivity contribution in [2.45, 2.75) is 96.5 Å². The molecule has 0 aromatic carbocycles. The molecule has 8 rings (SSSR count). The second kappa shape index (κ2) is 8.39. The van der Waals surface area contributed by atoms with Gasteiger partial charge in [-0.05, 0) is 116 Å². The Morgan fingerprint density at radius 1 is 0.886 bits per heavy atom. The highest BCUT2D eigenvalue weighted by molar-refractivity contribution is 5.77. The van der Waals surface area contributed by atoms with Gasteiger partial charge in [0.25, 0.3) is 0 Å². The van der Waals surface area contributed by atoms with Crippen LogP contribution < -0.4 is 0 Å². The van der Waals surface area contributed by atoms with E-state index in [1.807, 2.05) is 0 Å². The molecule has 0 saturated heterocycles. The van der Waals surface area contributed by atoms with E-state index in [2.05, 4.69) is 6.92 Å². The Hall–Kier alpha value is -1.24. The fourth-order valence-corrected chi connectivity index (χ4v) is 10.0. The summed E-state index contributed by atoms with van der Waals surface area (Å²) < 4.78 is 43.7. The van der Waals surface area contributed by atoms with Gasteiger partial charge in [-0.15, -0.1) is 0 Å². The van der Waals surface area contributed by atoms with Crippen LogP contribution in [0.25, 0.3) is 0 Å². The quantitative estimate of drug-likeness (QED) is 0.244. The Bertz CT molecular complexity index is 822. The van der Waals surface area contributed by atoms with Crippen LogP contribution in [0.3, 0.4) is 0 Å². The van der Waals surface area contributed by atoms with E-state index < -0.39 is 18.0 Å². The van der Waals surface area contributed by atoms with E-state index in [1.165, 1.54) is 32.1 Å². The van der Waals surface area contributed by atoms with Crippen molar-refractivity contribution in [3.8, 4) is 0 Å². The van der Waals surface area contributed by atoms with E-state index >= 15 is 0 Å². The summed E-state index contributed by atoms with van der Waals surface area (Å²) in [6, 6.07) is 0. The zero-order valence-electron chi connectivity index (χ0n) is 21.1. The van der Waals surface area contributed by atoms with Crippen LogP contribution in [0.5, 0.6) is 0 Å². The van der Waals surface area contributed by atoms with Crippen molar-refractivity contribution in [1.29, 1.82) is 0 Å². The minimum Gasteiger partial charge on any atom is -0.457 e. The first-order chi connectivity index (χ1) is 16.5. The van der Waals surface area contributed by atoms with E-state index in [9.17, 15) is 18.4 Å². The first kappa shape index (κ1) is 24.1. The minimum atomic E-state index is -3.47. The molecule has 0 aromatic rings. The molecule has 35 heavy (non-hydrogen) atoms. The number of halogens is 2. The van der Waals surface area contributed by atoms with Crippen LogP contribution >= 0.6 is 0 Å². The molecule has 7 heteroatoms. The summed E-state index contributed by atoms with van der Waals surface area (Å²) in [5, 5.41) is 0. The normalized spacial score (nSPS) is 47.2. The van der Waals surface area contributed by atoms with Gasteiger partial charge in [0.2, 0.25) is 0 Å². The largest absolute Gasteiger partial charge is 0.457 e. The zero-order valence-corrected chi connectivity index (χ0v) is 21.1. The summed E-state index contributed by atoms with van der Waals surface area (Å²) in [6.07, 6.45) is 10.9. The monoisotopic (exact) mass is 494 g/mol. The van der Waals surface area contributed by atoms with Gasteiger partial charge in [-0.3, -0.25) is 4.79 Å². The van der Waals surface area contributed by atoms with Crippen LogP contribution in [0.4, 0.5) is 8.78 Å². The molecule has 8 saturated carbocycles. The molecule has 0 N–H and O–H groups in total. The van der Waals surface area contributed by atoms with Crippen molar-refractivity contribution >= 4 is 11.9 Å². The standard InChI is InChI=1S/C28H40F2O5/c1-26(21-6-16-3-17(8-21)9-22(26)7-16)14-33-15-34-23(31)13-28-10-18-4-19(11-28)24(20(5-18)12-28)35-25(32)27(2,29)30/h16-22,24H,3-15H2,1-2H3. The minimum absolute atomic E-state index is 0.0128. The van der Waals surface area contributed by atoms with Crippen molar-refractivity contribution in [3.63, 3.8) is 0 Å². The SMILES string of the molecule is CC(F)(F)C(=O)OC1C2CC3CC1CC(CC(=O)OCOCC1(C)C4CC5CC(C4)CC1C5)(C3)C2. The third-order valence-corrected chi connectivity index (χ3v) is 11.2. The van der Waals surface area contributed by atoms with Crippen LogP contribution in [-0.4, -0.2) is 37.4 Å². The molecule has 0 spiro atoms. The summed E-state index contributed by atoms with van der Waals surface area (Å²) in [4.78, 5) is 24.6. The highest BCUT2D eigenvalue weighted by Gasteiger charge is 2.58. The number of carbonyl (C=O) groups is 2. The number of ether oxygens (including phenoxy) is 3. The predicted octanol–water partition coefficient (Wildman–Crippen LogP) is 5.75. The highest BCUT2D eigenvalue weighted by atomic mass is 19.3. The average Bonchev–Trinajstić information content (AvgIpc) is 2.75. The van der Waals surface area contributed by atoms with Crippen molar-refractivity contribution in [3.05, 3.63) is 0 Å². The zero-order chi connectivity index (χ0) is 24.6. The van der Waals surface area contributed by atoms with Crippen molar-refractivity contribution in [1.82, 2.24) is 0 Å². The second-order valence-electron chi connectivity index (χ2n) is 13.7. The van der Waals surface area contributed by atoms with E-state index in [1.54, 1.807) is 0 Å². The Morgan fingerprint density at radius 3 is 2.06 bits per heavy atom. The van der Waals surface area contributed by atoms with Crippen LogP contribution in [0.1, 0.15) is 84.5 Å². The lowest BCUT2D eigenvalue weighted by Gasteiger charge is -2.60. The van der Waals surface area contributed by atoms with Gasteiger partial charge in [-0.1, -0.05) is 6.92 Å². The summed E-state index contributed by atoms with van der Waals surface area (Å²) in [5.41, 5.74) is 0.0557. The van der Waals surface area contributed by atoms with Crippen LogP contribution in [-0.2, 0) is 23.8 Å². The topological polar surface area (TPSA) is 61.8 Å². The lowest BCUT2D eigenvalue weighted by Crippen LogP contribution is -2.56. The molecule has 8 aliphatic carbocycles. The van der Waals surface area contributed by atoms with Crippen LogP contribution in [0, 0.1) is 52.3 Å². The molecule has 8 bridgehead atoms. The summed E-state index contributed by atoms with van der Waals surface area (Å²) >= 11 is 0. The maximum Gasteiger partial charge on any atom is 0.376 e. The van der Waals surface area contributed by atoms with Gasteiger partial charge in [-0.25, -0.2) is 4.79 Å². The van der Waals surface area contributed by atoms with Gasteiger partial charge >= 0.3 is 17.9 Å². The molecule has 0 radical (unpaired) electrons. The molecule has 0 amide bonds. The Balaban J connectivity index is 0.993. The third kappa shape index (κ3) is 4.31. The molecule has 0 aromatic heterocycles. The molecule has 8 fully saturated rings. The molecule has 5 nitrogen and oxygen atoms in total. The third-order valence-electron chi connectivity index (χ3n) is 11.2. The van der Waals surface area contributed by atoms with Gasteiger partial charge in [0.05, 0.1) is 13.0 Å². The van der Waals surface area contributed by atoms with Gasteiger partial charge in [0.1, 0.15) is 6.10 Å². The molecule has 0 heterocycles. The smallest absolute Gasteiger partial charge is 0.376 e. The first-order valence-electron chi connectivity index (χ1n) is 13.9. The molecular weight excluding hydrogens is 454 g/mol. The lowest BCUT2D eigenvalue weighted by molar-refractivity contribution is -0.204. The molecule has 0 aliphatic heterocycles. The summed E-state index contributed by atoms with van der Waals surface area (Å²) in [7, 11) is 0. The van der Waals surface area contributed by atoms with Crippen LogP contribution in [0.2, 0.25) is 0 Å². The maximum atomic E-state index is 13.4. The molecule has 2 unspecified atom stereocenters. The Labute approximate surface area is 207 Å². The second-order valence-corrected chi connectivity index (χ2v) is 13.7.